The molecule has 0 saturated heterocycles. The molecule has 3 aromatic rings. The van der Waals surface area contributed by atoms with Gasteiger partial charge in [0, 0.05) is 5.56 Å². The van der Waals surface area contributed by atoms with Crippen LogP contribution in [-0.4, -0.2) is 41.5 Å². The lowest BCUT2D eigenvalue weighted by Crippen LogP contribution is -2.33. The average molecular weight is 436 g/mol. The van der Waals surface area contributed by atoms with Gasteiger partial charge < -0.3 is 34.3 Å². The number of carbonyl (C=O) groups excluding carboxylic acids is 1. The summed E-state index contributed by atoms with van der Waals surface area (Å²) in [6.07, 6.45) is 0. The summed E-state index contributed by atoms with van der Waals surface area (Å²) in [6, 6.07) is 9.94. The van der Waals surface area contributed by atoms with Crippen molar-refractivity contribution in [3.8, 4) is 34.5 Å². The number of fused-ring (bicyclic) bond motifs is 6. The number of hydrogen-bond donors (Lipinski definition) is 3. The summed E-state index contributed by atoms with van der Waals surface area (Å²) in [6.45, 7) is 0. The first kappa shape index (κ1) is 19.6. The van der Waals surface area contributed by atoms with Crippen LogP contribution in [-0.2, 0) is 10.3 Å². The SMILES string of the molecule is COc1c(O)ccc2c1Oc1c(ccc(O)c1OC)C21OC(=O)c2cc(C(=O)O)ccc21. The maximum Gasteiger partial charge on any atom is 0.340 e. The van der Waals surface area contributed by atoms with Gasteiger partial charge in [0.05, 0.1) is 36.5 Å². The van der Waals surface area contributed by atoms with E-state index in [0.29, 0.717) is 16.7 Å². The van der Waals surface area contributed by atoms with Crippen LogP contribution in [0.15, 0.2) is 42.5 Å². The fourth-order valence-electron chi connectivity index (χ4n) is 4.31. The monoisotopic (exact) mass is 436 g/mol. The Labute approximate surface area is 181 Å². The van der Waals surface area contributed by atoms with Gasteiger partial charge in [-0.1, -0.05) is 6.07 Å². The molecule has 9 heteroatoms. The highest BCUT2D eigenvalue weighted by atomic mass is 16.6. The Morgan fingerprint density at radius 3 is 1.91 bits per heavy atom. The second-order valence-corrected chi connectivity index (χ2v) is 7.23. The molecule has 9 nitrogen and oxygen atoms in total. The first-order valence-electron chi connectivity index (χ1n) is 9.43. The summed E-state index contributed by atoms with van der Waals surface area (Å²) >= 11 is 0. The van der Waals surface area contributed by atoms with Crippen molar-refractivity contribution in [2.24, 2.45) is 0 Å². The Morgan fingerprint density at radius 2 is 1.41 bits per heavy atom. The molecular formula is C23H16O9. The third kappa shape index (κ3) is 2.33. The lowest BCUT2D eigenvalue weighted by Gasteiger charge is -2.37. The van der Waals surface area contributed by atoms with Gasteiger partial charge in [-0.15, -0.1) is 0 Å². The van der Waals surface area contributed by atoms with Crippen LogP contribution in [0.4, 0.5) is 0 Å². The van der Waals surface area contributed by atoms with Gasteiger partial charge in [-0.3, -0.25) is 0 Å². The van der Waals surface area contributed by atoms with Crippen molar-refractivity contribution >= 4 is 11.9 Å². The van der Waals surface area contributed by atoms with E-state index < -0.39 is 17.5 Å². The molecule has 32 heavy (non-hydrogen) atoms. The first-order valence-corrected chi connectivity index (χ1v) is 9.43. The van der Waals surface area contributed by atoms with Crippen LogP contribution < -0.4 is 14.2 Å². The lowest BCUT2D eigenvalue weighted by molar-refractivity contribution is 0.0220. The average Bonchev–Trinajstić information content (AvgIpc) is 3.06. The van der Waals surface area contributed by atoms with E-state index in [1.807, 2.05) is 0 Å². The lowest BCUT2D eigenvalue weighted by atomic mass is 9.77. The second-order valence-electron chi connectivity index (χ2n) is 7.23. The molecule has 0 saturated carbocycles. The van der Waals surface area contributed by atoms with E-state index in [2.05, 4.69) is 0 Å². The van der Waals surface area contributed by atoms with Gasteiger partial charge >= 0.3 is 11.9 Å². The normalized spacial score (nSPS) is 14.6. The largest absolute Gasteiger partial charge is 0.504 e. The van der Waals surface area contributed by atoms with Crippen molar-refractivity contribution in [2.75, 3.05) is 14.2 Å². The van der Waals surface area contributed by atoms with E-state index in [1.54, 1.807) is 0 Å². The van der Waals surface area contributed by atoms with Gasteiger partial charge in [-0.2, -0.15) is 0 Å². The summed E-state index contributed by atoms with van der Waals surface area (Å²) in [7, 11) is 2.68. The van der Waals surface area contributed by atoms with Crippen molar-refractivity contribution in [1.29, 1.82) is 0 Å². The smallest absolute Gasteiger partial charge is 0.340 e. The highest BCUT2D eigenvalue weighted by molar-refractivity contribution is 6.00. The van der Waals surface area contributed by atoms with Crippen molar-refractivity contribution in [3.05, 3.63) is 70.3 Å². The fourth-order valence-corrected chi connectivity index (χ4v) is 4.31. The standard InChI is InChI=1S/C23H16O9/c1-29-19-15(24)7-5-13-17(19)31-18-14(6-8-16(25)20(18)30-2)23(13)12-4-3-10(21(26)27)9-11(12)22(28)32-23/h3-9,24-25H,1-2H3,(H,26,27). The molecule has 0 fully saturated rings. The topological polar surface area (TPSA) is 132 Å². The van der Waals surface area contributed by atoms with Gasteiger partial charge in [0.2, 0.25) is 11.5 Å². The maximum absolute atomic E-state index is 13.0. The van der Waals surface area contributed by atoms with E-state index >= 15 is 0 Å². The van der Waals surface area contributed by atoms with Crippen LogP contribution in [0.25, 0.3) is 0 Å². The number of hydrogen-bond acceptors (Lipinski definition) is 8. The summed E-state index contributed by atoms with van der Waals surface area (Å²) < 4.78 is 22.6. The van der Waals surface area contributed by atoms with Crippen LogP contribution in [0.1, 0.15) is 37.4 Å². The van der Waals surface area contributed by atoms with Gasteiger partial charge in [0.25, 0.3) is 0 Å². The molecule has 3 aromatic carbocycles. The summed E-state index contributed by atoms with van der Waals surface area (Å²) in [4.78, 5) is 24.4. The third-order valence-electron chi connectivity index (χ3n) is 5.67. The minimum Gasteiger partial charge on any atom is -0.504 e. The zero-order chi connectivity index (χ0) is 22.8. The Hall–Kier alpha value is -4.40. The molecule has 0 atom stereocenters. The quantitative estimate of drug-likeness (QED) is 0.529. The molecule has 1 spiro atoms. The number of rotatable bonds is 3. The number of carboxylic acid groups (broad SMARTS) is 1. The number of carbonyl (C=O) groups is 2. The van der Waals surface area contributed by atoms with Crippen molar-refractivity contribution in [1.82, 2.24) is 0 Å². The van der Waals surface area contributed by atoms with E-state index in [0.717, 1.165) is 0 Å². The van der Waals surface area contributed by atoms with Crippen LogP contribution in [0.5, 0.6) is 34.5 Å². The third-order valence-corrected chi connectivity index (χ3v) is 5.67. The molecule has 0 aromatic heterocycles. The van der Waals surface area contributed by atoms with Crippen LogP contribution >= 0.6 is 0 Å². The van der Waals surface area contributed by atoms with Crippen LogP contribution in [0.2, 0.25) is 0 Å². The summed E-state index contributed by atoms with van der Waals surface area (Å²) in [5.74, 6) is -2.24. The number of carboxylic acids is 1. The molecular weight excluding hydrogens is 420 g/mol. The molecule has 2 heterocycles. The zero-order valence-electron chi connectivity index (χ0n) is 16.8. The van der Waals surface area contributed by atoms with Crippen LogP contribution in [0.3, 0.4) is 0 Å². The number of phenolic OH excluding ortho intramolecular Hbond substituents is 2. The Balaban J connectivity index is 1.92. The number of aromatic carboxylic acids is 1. The van der Waals surface area contributed by atoms with Crippen molar-refractivity contribution in [3.63, 3.8) is 0 Å². The van der Waals surface area contributed by atoms with Gasteiger partial charge in [-0.05, 0) is 36.4 Å². The first-order chi connectivity index (χ1) is 15.3. The number of aromatic hydroxyl groups is 2. The molecule has 2 aliphatic rings. The minimum absolute atomic E-state index is 0.00965. The fraction of sp³-hybridized carbons (Fsp3) is 0.130. The number of ether oxygens (including phenoxy) is 4. The molecule has 0 radical (unpaired) electrons. The second kappa shape index (κ2) is 6.55. The molecule has 3 N–H and O–H groups in total. The summed E-state index contributed by atoms with van der Waals surface area (Å²) in [5, 5.41) is 30.0. The predicted molar refractivity (Wildman–Crippen MR) is 108 cm³/mol. The molecule has 2 aliphatic heterocycles. The Kier molecular flexibility index (Phi) is 4.00. The van der Waals surface area contributed by atoms with Crippen LogP contribution in [0, 0.1) is 0 Å². The van der Waals surface area contributed by atoms with E-state index in [1.165, 1.54) is 56.7 Å². The zero-order valence-corrected chi connectivity index (χ0v) is 16.8. The summed E-state index contributed by atoms with van der Waals surface area (Å²) in [5.41, 5.74) is -0.488. The molecule has 5 rings (SSSR count). The van der Waals surface area contributed by atoms with Crippen molar-refractivity contribution in [2.45, 2.75) is 5.60 Å². The Morgan fingerprint density at radius 1 is 0.875 bits per heavy atom. The van der Waals surface area contributed by atoms with E-state index in [-0.39, 0.29) is 45.6 Å². The van der Waals surface area contributed by atoms with E-state index in [4.69, 9.17) is 18.9 Å². The predicted octanol–water partition coefficient (Wildman–Crippen LogP) is 3.38. The molecule has 0 aliphatic carbocycles. The highest BCUT2D eigenvalue weighted by Gasteiger charge is 2.55. The Bertz CT molecular complexity index is 1270. The van der Waals surface area contributed by atoms with Crippen molar-refractivity contribution < 1.29 is 43.9 Å². The van der Waals surface area contributed by atoms with Gasteiger partial charge in [-0.25, -0.2) is 9.59 Å². The number of phenols is 2. The highest BCUT2D eigenvalue weighted by Crippen LogP contribution is 2.62. The number of methoxy groups -OCH3 is 2. The van der Waals surface area contributed by atoms with E-state index in [9.17, 15) is 24.9 Å². The molecule has 162 valence electrons. The molecule has 0 unspecified atom stereocenters. The maximum atomic E-state index is 13.0. The minimum atomic E-state index is -1.56. The number of esters is 1. The van der Waals surface area contributed by atoms with Gasteiger partial charge in [0.1, 0.15) is 0 Å². The molecule has 0 bridgehead atoms. The van der Waals surface area contributed by atoms with Gasteiger partial charge in [0.15, 0.2) is 28.6 Å². The number of benzene rings is 3. The molecule has 0 amide bonds.